The summed E-state index contributed by atoms with van der Waals surface area (Å²) < 4.78 is 30.6. The standard InChI is InChI=1S/C8H19NO5S/c1-6(10)4-9(5-7(2)11)8(3)15(12,13)14/h6-8,10-11H,4-5H2,1-3H3,(H,12,13,14). The zero-order chi connectivity index (χ0) is 12.2. The van der Waals surface area contributed by atoms with Crippen molar-refractivity contribution in [2.45, 2.75) is 38.4 Å². The van der Waals surface area contributed by atoms with Gasteiger partial charge in [0.25, 0.3) is 10.1 Å². The number of hydrogen-bond acceptors (Lipinski definition) is 5. The van der Waals surface area contributed by atoms with Gasteiger partial charge in [-0.15, -0.1) is 0 Å². The molecular formula is C8H19NO5S. The molecule has 0 rings (SSSR count). The summed E-state index contributed by atoms with van der Waals surface area (Å²) in [6.45, 7) is 4.47. The molecule has 3 unspecified atom stereocenters. The number of aliphatic hydroxyl groups is 2. The normalized spacial score (nSPS) is 18.9. The summed E-state index contributed by atoms with van der Waals surface area (Å²) in [4.78, 5) is 1.31. The SMILES string of the molecule is CC(O)CN(CC(C)O)C(C)S(=O)(=O)O. The van der Waals surface area contributed by atoms with Crippen LogP contribution < -0.4 is 0 Å². The molecule has 0 saturated heterocycles. The molecule has 0 fully saturated rings. The summed E-state index contributed by atoms with van der Waals surface area (Å²) in [7, 11) is -4.19. The Hall–Kier alpha value is -0.210. The third-order valence-corrected chi connectivity index (χ3v) is 3.10. The molecule has 0 aliphatic heterocycles. The fourth-order valence-electron chi connectivity index (χ4n) is 1.24. The molecule has 3 atom stereocenters. The van der Waals surface area contributed by atoms with Crippen LogP contribution in [0.25, 0.3) is 0 Å². The fourth-order valence-corrected chi connectivity index (χ4v) is 1.79. The average molecular weight is 241 g/mol. The van der Waals surface area contributed by atoms with Gasteiger partial charge in [-0.25, -0.2) is 0 Å². The highest BCUT2D eigenvalue weighted by atomic mass is 32.2. The van der Waals surface area contributed by atoms with Gasteiger partial charge in [-0.3, -0.25) is 9.45 Å². The van der Waals surface area contributed by atoms with Gasteiger partial charge in [-0.05, 0) is 20.8 Å². The van der Waals surface area contributed by atoms with E-state index < -0.39 is 27.7 Å². The molecule has 0 bridgehead atoms. The lowest BCUT2D eigenvalue weighted by Crippen LogP contribution is -2.45. The van der Waals surface area contributed by atoms with E-state index in [1.54, 1.807) is 0 Å². The Bertz CT molecular complexity index is 265. The van der Waals surface area contributed by atoms with E-state index in [-0.39, 0.29) is 13.1 Å². The molecule has 0 aliphatic rings. The van der Waals surface area contributed by atoms with Gasteiger partial charge in [0, 0.05) is 13.1 Å². The Morgan fingerprint density at radius 1 is 1.07 bits per heavy atom. The molecule has 0 aliphatic carbocycles. The fraction of sp³-hybridized carbons (Fsp3) is 1.00. The van der Waals surface area contributed by atoms with Crippen LogP contribution in [0.15, 0.2) is 0 Å². The van der Waals surface area contributed by atoms with Crippen LogP contribution in [0.4, 0.5) is 0 Å². The first-order chi connectivity index (χ1) is 6.64. The molecule has 0 aromatic carbocycles. The van der Waals surface area contributed by atoms with Crippen molar-refractivity contribution < 1.29 is 23.2 Å². The van der Waals surface area contributed by atoms with E-state index in [1.807, 2.05) is 0 Å². The third kappa shape index (κ3) is 6.06. The Balaban J connectivity index is 4.62. The van der Waals surface area contributed by atoms with Crippen molar-refractivity contribution >= 4 is 10.1 Å². The second kappa shape index (κ2) is 5.76. The summed E-state index contributed by atoms with van der Waals surface area (Å²) in [5.74, 6) is 0. The molecule has 0 radical (unpaired) electrons. The largest absolute Gasteiger partial charge is 0.392 e. The van der Waals surface area contributed by atoms with Crippen LogP contribution in [0.1, 0.15) is 20.8 Å². The predicted octanol–water partition coefficient (Wildman–Crippen LogP) is -0.716. The van der Waals surface area contributed by atoms with Gasteiger partial charge in [0.05, 0.1) is 12.2 Å². The van der Waals surface area contributed by atoms with Crippen molar-refractivity contribution in [3.8, 4) is 0 Å². The van der Waals surface area contributed by atoms with Gasteiger partial charge in [-0.2, -0.15) is 8.42 Å². The minimum atomic E-state index is -4.19. The topological polar surface area (TPSA) is 98.1 Å². The Morgan fingerprint density at radius 3 is 1.60 bits per heavy atom. The Morgan fingerprint density at radius 2 is 1.40 bits per heavy atom. The molecule has 0 aromatic rings. The molecule has 0 heterocycles. The van der Waals surface area contributed by atoms with Crippen LogP contribution in [0, 0.1) is 0 Å². The van der Waals surface area contributed by atoms with Gasteiger partial charge in [0.2, 0.25) is 0 Å². The van der Waals surface area contributed by atoms with Gasteiger partial charge in [0.15, 0.2) is 0 Å². The van der Waals surface area contributed by atoms with E-state index in [9.17, 15) is 8.42 Å². The Labute approximate surface area is 90.3 Å². The van der Waals surface area contributed by atoms with Crippen LogP contribution in [-0.2, 0) is 10.1 Å². The van der Waals surface area contributed by atoms with E-state index in [0.717, 1.165) is 0 Å². The first kappa shape index (κ1) is 14.8. The summed E-state index contributed by atoms with van der Waals surface area (Å²) in [5, 5.41) is 17.2. The van der Waals surface area contributed by atoms with Crippen molar-refractivity contribution in [2.24, 2.45) is 0 Å². The molecule has 15 heavy (non-hydrogen) atoms. The zero-order valence-corrected chi connectivity index (χ0v) is 9.98. The minimum Gasteiger partial charge on any atom is -0.392 e. The summed E-state index contributed by atoms with van der Waals surface area (Å²) in [6.07, 6.45) is -1.46. The molecule has 92 valence electrons. The third-order valence-electron chi connectivity index (χ3n) is 1.94. The van der Waals surface area contributed by atoms with Crippen molar-refractivity contribution in [1.82, 2.24) is 4.90 Å². The zero-order valence-electron chi connectivity index (χ0n) is 9.16. The van der Waals surface area contributed by atoms with E-state index in [0.29, 0.717) is 0 Å². The maximum absolute atomic E-state index is 10.9. The van der Waals surface area contributed by atoms with Gasteiger partial charge in [-0.1, -0.05) is 0 Å². The number of nitrogens with zero attached hydrogens (tertiary/aromatic N) is 1. The van der Waals surface area contributed by atoms with Gasteiger partial charge in [0.1, 0.15) is 5.37 Å². The molecule has 6 nitrogen and oxygen atoms in total. The molecule has 0 aromatic heterocycles. The van der Waals surface area contributed by atoms with Crippen molar-refractivity contribution in [3.63, 3.8) is 0 Å². The Kier molecular flexibility index (Phi) is 5.68. The molecule has 3 N–H and O–H groups in total. The summed E-state index contributed by atoms with van der Waals surface area (Å²) in [5.41, 5.74) is 0. The van der Waals surface area contributed by atoms with Crippen LogP contribution >= 0.6 is 0 Å². The highest BCUT2D eigenvalue weighted by Gasteiger charge is 2.26. The second-order valence-corrected chi connectivity index (χ2v) is 5.48. The van der Waals surface area contributed by atoms with Gasteiger partial charge < -0.3 is 10.2 Å². The van der Waals surface area contributed by atoms with Crippen LogP contribution in [0.5, 0.6) is 0 Å². The van der Waals surface area contributed by atoms with Crippen LogP contribution in [-0.4, -0.2) is 58.8 Å². The maximum Gasteiger partial charge on any atom is 0.280 e. The van der Waals surface area contributed by atoms with Crippen molar-refractivity contribution in [1.29, 1.82) is 0 Å². The van der Waals surface area contributed by atoms with E-state index in [2.05, 4.69) is 0 Å². The second-order valence-electron chi connectivity index (χ2n) is 3.77. The summed E-state index contributed by atoms with van der Waals surface area (Å²) in [6, 6.07) is 0. The van der Waals surface area contributed by atoms with Crippen LogP contribution in [0.3, 0.4) is 0 Å². The number of rotatable bonds is 6. The number of aliphatic hydroxyl groups excluding tert-OH is 2. The average Bonchev–Trinajstić information content (AvgIpc) is 1.98. The lowest BCUT2D eigenvalue weighted by Gasteiger charge is -2.28. The highest BCUT2D eigenvalue weighted by molar-refractivity contribution is 7.86. The minimum absolute atomic E-state index is 0.0753. The highest BCUT2D eigenvalue weighted by Crippen LogP contribution is 2.07. The van der Waals surface area contributed by atoms with Crippen molar-refractivity contribution in [2.75, 3.05) is 13.1 Å². The molecule has 0 amide bonds. The summed E-state index contributed by atoms with van der Waals surface area (Å²) >= 11 is 0. The molecular weight excluding hydrogens is 222 g/mol. The predicted molar refractivity (Wildman–Crippen MR) is 55.9 cm³/mol. The lowest BCUT2D eigenvalue weighted by molar-refractivity contribution is 0.0769. The monoisotopic (exact) mass is 241 g/mol. The molecule has 0 spiro atoms. The van der Waals surface area contributed by atoms with E-state index in [4.69, 9.17) is 14.8 Å². The smallest absolute Gasteiger partial charge is 0.280 e. The van der Waals surface area contributed by atoms with E-state index >= 15 is 0 Å². The van der Waals surface area contributed by atoms with E-state index in [1.165, 1.54) is 25.7 Å². The maximum atomic E-state index is 10.9. The number of hydrogen-bond donors (Lipinski definition) is 3. The first-order valence-corrected chi connectivity index (χ1v) is 6.21. The quantitative estimate of drug-likeness (QED) is 0.531. The lowest BCUT2D eigenvalue weighted by atomic mass is 10.3. The van der Waals surface area contributed by atoms with Gasteiger partial charge >= 0.3 is 0 Å². The first-order valence-electron chi connectivity index (χ1n) is 4.71. The van der Waals surface area contributed by atoms with Crippen LogP contribution in [0.2, 0.25) is 0 Å². The molecule has 0 saturated carbocycles. The van der Waals surface area contributed by atoms with Crippen molar-refractivity contribution in [3.05, 3.63) is 0 Å². The molecule has 7 heteroatoms.